The minimum atomic E-state index is -0.599. The summed E-state index contributed by atoms with van der Waals surface area (Å²) in [5, 5.41) is 10.8. The Kier molecular flexibility index (Phi) is 3.57. The molecule has 0 saturated heterocycles. The Morgan fingerprint density at radius 2 is 2.28 bits per heavy atom. The number of rotatable bonds is 4. The van der Waals surface area contributed by atoms with Gasteiger partial charge in [0.05, 0.1) is 16.7 Å². The Bertz CT molecular complexity index is 585. The van der Waals surface area contributed by atoms with E-state index in [-0.39, 0.29) is 17.0 Å². The topological polar surface area (TPSA) is 69.2 Å². The maximum Gasteiger partial charge on any atom is 0.280 e. The fourth-order valence-corrected chi connectivity index (χ4v) is 1.66. The number of oxazole rings is 1. The molecular weight excluding hydrogens is 263 g/mol. The van der Waals surface area contributed by atoms with Crippen molar-refractivity contribution < 1.29 is 13.7 Å². The van der Waals surface area contributed by atoms with Crippen LogP contribution in [-0.2, 0) is 6.42 Å². The van der Waals surface area contributed by atoms with E-state index in [0.717, 1.165) is 18.2 Å². The summed E-state index contributed by atoms with van der Waals surface area (Å²) in [6.07, 6.45) is 1.73. The second kappa shape index (κ2) is 5.14. The van der Waals surface area contributed by atoms with Crippen LogP contribution >= 0.6 is 11.6 Å². The van der Waals surface area contributed by atoms with Gasteiger partial charge >= 0.3 is 0 Å². The highest BCUT2D eigenvalue weighted by Crippen LogP contribution is 2.31. The summed E-state index contributed by atoms with van der Waals surface area (Å²) in [7, 11) is 0. The van der Waals surface area contributed by atoms with Crippen molar-refractivity contribution in [1.82, 2.24) is 4.98 Å². The third-order valence-corrected chi connectivity index (χ3v) is 2.47. The molecule has 0 fully saturated rings. The number of nitrogens with zero attached hydrogens (tertiary/aromatic N) is 2. The van der Waals surface area contributed by atoms with Crippen molar-refractivity contribution in [1.29, 1.82) is 0 Å². The van der Waals surface area contributed by atoms with E-state index < -0.39 is 10.7 Å². The molecule has 0 aliphatic heterocycles. The molecule has 0 radical (unpaired) electrons. The van der Waals surface area contributed by atoms with Gasteiger partial charge in [-0.2, -0.15) is 0 Å². The molecule has 94 valence electrons. The molecule has 2 rings (SSSR count). The zero-order chi connectivity index (χ0) is 13.1. The first-order chi connectivity index (χ1) is 8.61. The molecule has 5 nitrogen and oxygen atoms in total. The van der Waals surface area contributed by atoms with Crippen LogP contribution in [0, 0.1) is 15.9 Å². The van der Waals surface area contributed by atoms with E-state index in [9.17, 15) is 14.5 Å². The molecular formula is C11H8ClFN2O3. The van der Waals surface area contributed by atoms with Crippen molar-refractivity contribution in [2.45, 2.75) is 6.42 Å². The molecule has 0 aliphatic carbocycles. The number of alkyl halides is 1. The minimum absolute atomic E-state index is 0.0633. The van der Waals surface area contributed by atoms with Crippen LogP contribution in [0.1, 0.15) is 5.89 Å². The van der Waals surface area contributed by atoms with Crippen molar-refractivity contribution in [2.75, 3.05) is 5.88 Å². The van der Waals surface area contributed by atoms with E-state index in [1.807, 2.05) is 0 Å². The van der Waals surface area contributed by atoms with Crippen molar-refractivity contribution >= 4 is 17.3 Å². The quantitative estimate of drug-likeness (QED) is 0.486. The van der Waals surface area contributed by atoms with E-state index in [1.54, 1.807) is 0 Å². The summed E-state index contributed by atoms with van der Waals surface area (Å²) >= 11 is 5.53. The first kappa shape index (κ1) is 12.5. The minimum Gasteiger partial charge on any atom is -0.440 e. The zero-order valence-electron chi connectivity index (χ0n) is 9.10. The molecule has 0 spiro atoms. The van der Waals surface area contributed by atoms with Crippen molar-refractivity contribution in [2.24, 2.45) is 0 Å². The van der Waals surface area contributed by atoms with Gasteiger partial charge in [-0.05, 0) is 12.1 Å². The fourth-order valence-electron chi connectivity index (χ4n) is 1.50. The van der Waals surface area contributed by atoms with Gasteiger partial charge in [-0.25, -0.2) is 9.37 Å². The van der Waals surface area contributed by atoms with Crippen LogP contribution < -0.4 is 0 Å². The van der Waals surface area contributed by atoms with Gasteiger partial charge in [-0.3, -0.25) is 10.1 Å². The Morgan fingerprint density at radius 1 is 1.50 bits per heavy atom. The molecule has 0 amide bonds. The van der Waals surface area contributed by atoms with Gasteiger partial charge in [0.1, 0.15) is 5.82 Å². The molecule has 18 heavy (non-hydrogen) atoms. The van der Waals surface area contributed by atoms with Crippen LogP contribution in [0.15, 0.2) is 28.8 Å². The molecule has 1 heterocycles. The number of hydrogen-bond acceptors (Lipinski definition) is 4. The molecule has 1 aromatic carbocycles. The first-order valence-corrected chi connectivity index (χ1v) is 5.60. The van der Waals surface area contributed by atoms with Crippen molar-refractivity contribution in [3.63, 3.8) is 0 Å². The summed E-state index contributed by atoms with van der Waals surface area (Å²) in [5.74, 6) is 0.260. The predicted molar refractivity (Wildman–Crippen MR) is 63.0 cm³/mol. The molecule has 0 unspecified atom stereocenters. The average molecular weight is 271 g/mol. The number of aryl methyl sites for hydroxylation is 1. The van der Waals surface area contributed by atoms with Crippen LogP contribution in [-0.4, -0.2) is 15.8 Å². The normalized spacial score (nSPS) is 10.6. The van der Waals surface area contributed by atoms with E-state index in [0.29, 0.717) is 18.2 Å². The van der Waals surface area contributed by atoms with Crippen LogP contribution in [0.5, 0.6) is 0 Å². The highest BCUT2D eigenvalue weighted by atomic mass is 35.5. The summed E-state index contributed by atoms with van der Waals surface area (Å²) in [6, 6.07) is 3.16. The zero-order valence-corrected chi connectivity index (χ0v) is 9.85. The van der Waals surface area contributed by atoms with Gasteiger partial charge < -0.3 is 4.42 Å². The lowest BCUT2D eigenvalue weighted by atomic mass is 10.1. The van der Waals surface area contributed by atoms with Crippen molar-refractivity contribution in [3.8, 4) is 11.3 Å². The SMILES string of the molecule is O=[N+]([O-])c1ccc(F)cc1-c1cnc(CCCl)o1. The molecule has 1 aromatic heterocycles. The van der Waals surface area contributed by atoms with Crippen molar-refractivity contribution in [3.05, 3.63) is 46.2 Å². The monoisotopic (exact) mass is 270 g/mol. The Morgan fingerprint density at radius 3 is 2.94 bits per heavy atom. The third-order valence-electron chi connectivity index (χ3n) is 2.28. The molecule has 0 saturated carbocycles. The number of halogens is 2. The standard InChI is InChI=1S/C11H8ClFN2O3/c12-4-3-11-14-6-10(18-11)8-5-7(13)1-2-9(8)15(16)17/h1-2,5-6H,3-4H2. The lowest BCUT2D eigenvalue weighted by Gasteiger charge is -1.99. The number of aromatic nitrogens is 1. The van der Waals surface area contributed by atoms with Crippen LogP contribution in [0.25, 0.3) is 11.3 Å². The summed E-state index contributed by atoms with van der Waals surface area (Å²) in [6.45, 7) is 0. The lowest BCUT2D eigenvalue weighted by Crippen LogP contribution is -1.92. The Hall–Kier alpha value is -1.95. The molecule has 0 atom stereocenters. The molecule has 0 bridgehead atoms. The summed E-state index contributed by atoms with van der Waals surface area (Å²) in [4.78, 5) is 14.2. The molecule has 2 aromatic rings. The van der Waals surface area contributed by atoms with E-state index in [4.69, 9.17) is 16.0 Å². The maximum atomic E-state index is 13.1. The highest BCUT2D eigenvalue weighted by Gasteiger charge is 2.19. The van der Waals surface area contributed by atoms with Crippen LogP contribution in [0.3, 0.4) is 0 Å². The fraction of sp³-hybridized carbons (Fsp3) is 0.182. The largest absolute Gasteiger partial charge is 0.440 e. The number of benzene rings is 1. The van der Waals surface area contributed by atoms with Crippen LogP contribution in [0.4, 0.5) is 10.1 Å². The number of nitro benzene ring substituents is 1. The first-order valence-electron chi connectivity index (χ1n) is 5.07. The van der Waals surface area contributed by atoms with E-state index >= 15 is 0 Å². The van der Waals surface area contributed by atoms with Gasteiger partial charge in [0.25, 0.3) is 5.69 Å². The third kappa shape index (κ3) is 2.48. The second-order valence-electron chi connectivity index (χ2n) is 3.48. The predicted octanol–water partition coefficient (Wildman–Crippen LogP) is 3.17. The van der Waals surface area contributed by atoms with E-state index in [2.05, 4.69) is 4.98 Å². The summed E-state index contributed by atoms with van der Waals surface area (Å²) < 4.78 is 18.4. The molecule has 7 heteroatoms. The van der Waals surface area contributed by atoms with Gasteiger partial charge in [-0.15, -0.1) is 11.6 Å². The lowest BCUT2D eigenvalue weighted by molar-refractivity contribution is -0.384. The number of nitro groups is 1. The Balaban J connectivity index is 2.47. The smallest absolute Gasteiger partial charge is 0.280 e. The average Bonchev–Trinajstić information content (AvgIpc) is 2.77. The Labute approximate surface area is 106 Å². The van der Waals surface area contributed by atoms with Gasteiger partial charge in [-0.1, -0.05) is 0 Å². The number of hydrogen-bond donors (Lipinski definition) is 0. The van der Waals surface area contributed by atoms with Gasteiger partial charge in [0.15, 0.2) is 11.7 Å². The van der Waals surface area contributed by atoms with Crippen LogP contribution in [0.2, 0.25) is 0 Å². The highest BCUT2D eigenvalue weighted by molar-refractivity contribution is 6.17. The second-order valence-corrected chi connectivity index (χ2v) is 3.85. The summed E-state index contributed by atoms with van der Waals surface area (Å²) in [5.41, 5.74) is -0.168. The van der Waals surface area contributed by atoms with E-state index in [1.165, 1.54) is 6.20 Å². The van der Waals surface area contributed by atoms with Gasteiger partial charge in [0.2, 0.25) is 0 Å². The molecule has 0 aliphatic rings. The molecule has 0 N–H and O–H groups in total. The maximum absolute atomic E-state index is 13.1. The van der Waals surface area contributed by atoms with Gasteiger partial charge in [0, 0.05) is 18.4 Å².